The highest BCUT2D eigenvalue weighted by atomic mass is 79.9. The maximum Gasteiger partial charge on any atom is 0.225 e. The van der Waals surface area contributed by atoms with Crippen LogP contribution in [0.1, 0.15) is 25.3 Å². The fourth-order valence-corrected chi connectivity index (χ4v) is 5.67. The summed E-state index contributed by atoms with van der Waals surface area (Å²) < 4.78 is 14.7. The van der Waals surface area contributed by atoms with Crippen LogP contribution in [0.3, 0.4) is 0 Å². The highest BCUT2D eigenvalue weighted by Crippen LogP contribution is 2.36. The minimum absolute atomic E-state index is 0.0370. The van der Waals surface area contributed by atoms with Gasteiger partial charge in [-0.2, -0.15) is 5.10 Å². The van der Waals surface area contributed by atoms with Gasteiger partial charge in [0.15, 0.2) is 5.82 Å². The Morgan fingerprint density at radius 1 is 0.955 bits per heavy atom. The molecule has 9 heteroatoms. The van der Waals surface area contributed by atoms with Gasteiger partial charge in [-0.25, -0.2) is 4.68 Å². The van der Waals surface area contributed by atoms with Gasteiger partial charge in [-0.05, 0) is 65.6 Å². The number of hydrogen-bond donors (Lipinski definition) is 1. The zero-order valence-corrected chi connectivity index (χ0v) is 28.5. The van der Waals surface area contributed by atoms with Crippen LogP contribution in [-0.2, 0) is 22.9 Å². The number of aromatic nitrogens is 3. The Labute approximate surface area is 269 Å². The molecular formula is C35H41BrN4O3Si. The number of nitrogens with one attached hydrogen (secondary N) is 1. The fourth-order valence-electron chi connectivity index (χ4n) is 4.34. The molecule has 5 aromatic rings. The van der Waals surface area contributed by atoms with Gasteiger partial charge in [-0.15, -0.1) is 0 Å². The van der Waals surface area contributed by atoms with Crippen LogP contribution in [-0.4, -0.2) is 35.4 Å². The number of amides is 1. The van der Waals surface area contributed by atoms with Crippen LogP contribution >= 0.6 is 15.9 Å². The zero-order chi connectivity index (χ0) is 31.4. The Hall–Kier alpha value is -3.79. The molecule has 0 unspecified atom stereocenters. The minimum Gasteiger partial charge on any atom is -0.489 e. The van der Waals surface area contributed by atoms with Crippen molar-refractivity contribution in [1.29, 1.82) is 0 Å². The second-order valence-electron chi connectivity index (χ2n) is 11.7. The summed E-state index contributed by atoms with van der Waals surface area (Å²) in [6, 6.07) is 29.1. The lowest BCUT2D eigenvalue weighted by molar-refractivity contribution is -0.116. The number of hydrogen-bond acceptors (Lipinski definition) is 5. The number of carbonyl (C=O) groups excluding carboxylic acids is 1. The molecule has 0 aliphatic heterocycles. The Bertz CT molecular complexity index is 1580. The molecule has 0 aliphatic carbocycles. The van der Waals surface area contributed by atoms with E-state index < -0.39 is 8.07 Å². The van der Waals surface area contributed by atoms with E-state index in [2.05, 4.69) is 76.2 Å². The standard InChI is InChI=1S/C30H36BrN3O3Si.C5H5N/c1-5-9-29(35)32-30-26-18-27(31)25(19-28(26)34(33-30)21-36-16-17-38(2,3)4)23-12-14-24(15-13-23)37-20-22-10-7-6-8-11-22;1-2-4-6-5-3-1/h6-8,10-15,18-19H,5,9,16-17,20-21H2,1-4H3,(H,32,33,35);1-5H. The molecule has 1 amide bonds. The molecule has 0 aliphatic rings. The lowest BCUT2D eigenvalue weighted by Crippen LogP contribution is -2.22. The Kier molecular flexibility index (Phi) is 12.3. The maximum atomic E-state index is 12.4. The normalized spacial score (nSPS) is 11.1. The van der Waals surface area contributed by atoms with E-state index in [9.17, 15) is 4.79 Å². The van der Waals surface area contributed by atoms with Gasteiger partial charge in [-0.3, -0.25) is 9.78 Å². The molecule has 3 aromatic carbocycles. The van der Waals surface area contributed by atoms with Crippen molar-refractivity contribution >= 4 is 46.6 Å². The summed E-state index contributed by atoms with van der Waals surface area (Å²) in [5.74, 6) is 1.34. The van der Waals surface area contributed by atoms with Gasteiger partial charge < -0.3 is 14.8 Å². The van der Waals surface area contributed by atoms with Crippen molar-refractivity contribution in [3.8, 4) is 16.9 Å². The minimum atomic E-state index is -1.19. The number of benzene rings is 3. The molecule has 5 rings (SSSR count). The van der Waals surface area contributed by atoms with Crippen LogP contribution in [0.15, 0.2) is 102 Å². The predicted octanol–water partition coefficient (Wildman–Crippen LogP) is 9.18. The summed E-state index contributed by atoms with van der Waals surface area (Å²) in [5.41, 5.74) is 4.12. The summed E-state index contributed by atoms with van der Waals surface area (Å²) in [7, 11) is -1.19. The molecule has 0 atom stereocenters. The van der Waals surface area contributed by atoms with Crippen LogP contribution in [0.25, 0.3) is 22.0 Å². The van der Waals surface area contributed by atoms with E-state index in [4.69, 9.17) is 14.6 Å². The largest absolute Gasteiger partial charge is 0.489 e. The van der Waals surface area contributed by atoms with Crippen molar-refractivity contribution < 1.29 is 14.3 Å². The van der Waals surface area contributed by atoms with Gasteiger partial charge in [0.2, 0.25) is 5.91 Å². The van der Waals surface area contributed by atoms with E-state index in [1.807, 2.05) is 66.2 Å². The van der Waals surface area contributed by atoms with Crippen LogP contribution < -0.4 is 10.1 Å². The third kappa shape index (κ3) is 10.1. The van der Waals surface area contributed by atoms with Crippen LogP contribution in [0, 0.1) is 0 Å². The molecule has 0 saturated heterocycles. The van der Waals surface area contributed by atoms with Crippen molar-refractivity contribution in [3.63, 3.8) is 0 Å². The fraction of sp³-hybridized carbons (Fsp3) is 0.286. The summed E-state index contributed by atoms with van der Waals surface area (Å²) >= 11 is 3.75. The lowest BCUT2D eigenvalue weighted by atomic mass is 10.0. The molecule has 1 N–H and O–H groups in total. The average Bonchev–Trinajstić information content (AvgIpc) is 3.35. The number of anilines is 1. The van der Waals surface area contributed by atoms with Crippen molar-refractivity contribution in [3.05, 3.63) is 107 Å². The first-order chi connectivity index (χ1) is 21.2. The number of nitrogens with zero attached hydrogens (tertiary/aromatic N) is 3. The van der Waals surface area contributed by atoms with Crippen LogP contribution in [0.4, 0.5) is 5.82 Å². The molecule has 0 fully saturated rings. The molecule has 2 aromatic heterocycles. The summed E-state index contributed by atoms with van der Waals surface area (Å²) in [5, 5.41) is 8.58. The molecule has 0 radical (unpaired) electrons. The molecule has 7 nitrogen and oxygen atoms in total. The lowest BCUT2D eigenvalue weighted by Gasteiger charge is -2.15. The number of carbonyl (C=O) groups is 1. The Morgan fingerprint density at radius 2 is 1.66 bits per heavy atom. The van der Waals surface area contributed by atoms with Gasteiger partial charge in [0.25, 0.3) is 0 Å². The maximum absolute atomic E-state index is 12.4. The molecule has 0 bridgehead atoms. The first-order valence-electron chi connectivity index (χ1n) is 14.9. The molecule has 0 spiro atoms. The second-order valence-corrected chi connectivity index (χ2v) is 18.1. The SMILES string of the molecule is CCCC(=O)Nc1nn(COCC[Si](C)(C)C)c2cc(-c3ccc(OCc4ccccc4)cc3)c(Br)cc12.c1ccncc1. The number of pyridine rings is 1. The van der Waals surface area contributed by atoms with Crippen molar-refractivity contribution in [2.45, 2.75) is 58.8 Å². The van der Waals surface area contributed by atoms with Gasteiger partial charge in [0.05, 0.1) is 5.52 Å². The molecule has 2 heterocycles. The molecule has 44 heavy (non-hydrogen) atoms. The molecule has 230 valence electrons. The Balaban J connectivity index is 0.000000657. The highest BCUT2D eigenvalue weighted by molar-refractivity contribution is 9.10. The molecular weight excluding hydrogens is 632 g/mol. The van der Waals surface area contributed by atoms with Gasteiger partial charge >= 0.3 is 0 Å². The first-order valence-corrected chi connectivity index (χ1v) is 19.4. The highest BCUT2D eigenvalue weighted by Gasteiger charge is 2.17. The van der Waals surface area contributed by atoms with Crippen molar-refractivity contribution in [2.75, 3.05) is 11.9 Å². The monoisotopic (exact) mass is 672 g/mol. The molecule has 0 saturated carbocycles. The number of fused-ring (bicyclic) bond motifs is 1. The topological polar surface area (TPSA) is 78.3 Å². The second kappa shape index (κ2) is 16.3. The van der Waals surface area contributed by atoms with E-state index in [1.165, 1.54) is 0 Å². The number of rotatable bonds is 12. The first kappa shape index (κ1) is 33.1. The number of ether oxygens (including phenoxy) is 2. The van der Waals surface area contributed by atoms with Gasteiger partial charge in [0, 0.05) is 43.4 Å². The summed E-state index contributed by atoms with van der Waals surface area (Å²) in [4.78, 5) is 16.2. The zero-order valence-electron chi connectivity index (χ0n) is 25.9. The number of halogens is 1. The smallest absolute Gasteiger partial charge is 0.225 e. The summed E-state index contributed by atoms with van der Waals surface area (Å²) in [6.07, 6.45) is 4.74. The van der Waals surface area contributed by atoms with Gasteiger partial charge in [-0.1, -0.05) is 91.0 Å². The van der Waals surface area contributed by atoms with E-state index >= 15 is 0 Å². The third-order valence-corrected chi connectivity index (χ3v) is 9.12. The van der Waals surface area contributed by atoms with Gasteiger partial charge in [0.1, 0.15) is 19.1 Å². The van der Waals surface area contributed by atoms with E-state index in [1.54, 1.807) is 12.4 Å². The van der Waals surface area contributed by atoms with E-state index in [-0.39, 0.29) is 5.91 Å². The summed E-state index contributed by atoms with van der Waals surface area (Å²) in [6.45, 7) is 10.6. The van der Waals surface area contributed by atoms with E-state index in [0.717, 1.165) is 50.3 Å². The van der Waals surface area contributed by atoms with Crippen LogP contribution in [0.2, 0.25) is 25.7 Å². The van der Waals surface area contributed by atoms with E-state index in [0.29, 0.717) is 32.2 Å². The quantitative estimate of drug-likeness (QED) is 0.106. The average molecular weight is 674 g/mol. The van der Waals surface area contributed by atoms with Crippen LogP contribution in [0.5, 0.6) is 5.75 Å². The third-order valence-electron chi connectivity index (χ3n) is 6.76. The predicted molar refractivity (Wildman–Crippen MR) is 186 cm³/mol. The van der Waals surface area contributed by atoms with Crippen molar-refractivity contribution in [2.24, 2.45) is 0 Å². The van der Waals surface area contributed by atoms with Crippen molar-refractivity contribution in [1.82, 2.24) is 14.8 Å². The Morgan fingerprint density at radius 3 is 2.27 bits per heavy atom.